The van der Waals surface area contributed by atoms with E-state index in [0.717, 1.165) is 57.1 Å². The Balaban J connectivity index is 0.000000475. The third kappa shape index (κ3) is 19.4. The molecule has 0 heterocycles. The molecule has 79 heavy (non-hydrogen) atoms. The number of fused-ring (bicyclic) bond motifs is 3. The fourth-order valence-electron chi connectivity index (χ4n) is 13.6. The quantitative estimate of drug-likeness (QED) is 0.0211. The highest BCUT2D eigenvalue weighted by Gasteiger charge is 2.48. The van der Waals surface area contributed by atoms with Gasteiger partial charge >= 0.3 is 0 Å². The topological polar surface area (TPSA) is 49.0 Å². The molecule has 1 N–H and O–H groups in total. The maximum Gasteiger partial charge on any atom is 0.205 e. The average Bonchev–Trinajstić information content (AvgIpc) is 3.55. The lowest BCUT2D eigenvalue weighted by atomic mass is 9.87. The van der Waals surface area contributed by atoms with Gasteiger partial charge in [-0.15, -0.1) is 0 Å². The summed E-state index contributed by atoms with van der Waals surface area (Å²) in [4.78, 5) is 0. The first kappa shape index (κ1) is 68.8. The van der Waals surface area contributed by atoms with Crippen molar-refractivity contribution in [1.29, 1.82) is 0 Å². The van der Waals surface area contributed by atoms with E-state index in [-0.39, 0.29) is 10.6 Å². The predicted molar refractivity (Wildman–Crippen MR) is 353 cm³/mol. The number of rotatable bonds is 37. The molecule has 4 aromatic rings. The molecule has 1 aliphatic carbocycles. The highest BCUT2D eigenvalue weighted by Crippen LogP contribution is 2.57. The summed E-state index contributed by atoms with van der Waals surface area (Å²) in [6.45, 7) is 42.9. The normalized spacial score (nSPS) is 13.7. The molecule has 0 aromatic heterocycles. The Hall–Kier alpha value is -2.73. The largest absolute Gasteiger partial charge is 0.493 e. The molecule has 0 fully saturated rings. The second kappa shape index (κ2) is 34.8. The summed E-state index contributed by atoms with van der Waals surface area (Å²) in [5.74, 6) is 1.82. The van der Waals surface area contributed by atoms with E-state index >= 15 is 0 Å². The van der Waals surface area contributed by atoms with Crippen molar-refractivity contribution >= 4 is 32.6 Å². The van der Waals surface area contributed by atoms with Gasteiger partial charge in [-0.1, -0.05) is 286 Å². The van der Waals surface area contributed by atoms with Crippen LogP contribution in [0.4, 0.5) is 0 Å². The van der Waals surface area contributed by atoms with E-state index in [9.17, 15) is 0 Å². The minimum absolute atomic E-state index is 0.226. The van der Waals surface area contributed by atoms with Crippen LogP contribution < -0.4 is 14.8 Å². The van der Waals surface area contributed by atoms with Crippen LogP contribution in [0.15, 0.2) is 78.9 Å². The summed E-state index contributed by atoms with van der Waals surface area (Å²) in [5, 5.41) is 3.51. The highest BCUT2D eigenvalue weighted by atomic mass is 79.9. The molecule has 0 saturated heterocycles. The lowest BCUT2D eigenvalue weighted by molar-refractivity contribution is -0.0167. The number of unbranched alkanes of at least 4 members (excludes halogenated alkanes) is 15. The third-order valence-electron chi connectivity index (χ3n) is 17.6. The molecule has 0 spiro atoms. The van der Waals surface area contributed by atoms with Gasteiger partial charge in [0.2, 0.25) is 8.32 Å². The fraction of sp³-hybridized carbons (Fsp3) is 0.662. The van der Waals surface area contributed by atoms with E-state index in [2.05, 4.69) is 218 Å². The number of nitrogens with one attached hydrogen (secondary N) is 1. The van der Waals surface area contributed by atoms with Crippen molar-refractivity contribution in [2.75, 3.05) is 19.8 Å². The van der Waals surface area contributed by atoms with E-state index in [0.29, 0.717) is 33.2 Å². The predicted octanol–water partition coefficient (Wildman–Crippen LogP) is 22.6. The third-order valence-corrected chi connectivity index (χ3v) is 31.1. The van der Waals surface area contributed by atoms with Crippen molar-refractivity contribution in [3.8, 4) is 22.6 Å². The molecule has 8 heteroatoms. The minimum atomic E-state index is -2.11. The van der Waals surface area contributed by atoms with Crippen LogP contribution in [-0.2, 0) is 19.7 Å². The molecule has 4 aromatic carbocycles. The van der Waals surface area contributed by atoms with E-state index in [1.54, 1.807) is 0 Å². The van der Waals surface area contributed by atoms with Gasteiger partial charge in [-0.3, -0.25) is 0 Å². The number of aryl methyl sites for hydroxylation is 3. The standard InChI is InChI=1S/C49H97NO4Si2.C22H19Br/c1-15-17-18-19-20-24-27-30-33-49(54-56(43(9)10,44(11)12)45(13)14)53-47-35-34-46(39-50-16-2)48(38-47)51-36-31-28-25-22-21-23-26-29-32-37-52-55(40(3)4,41(5)6)42(7)8;1-14-5-4-6-17(11-14)22(23)20-12-15(2)7-9-18(20)19-10-8-16(3)13-21(19)22/h34-35,38,40-45,49-50H,15-33,36-37,39H2,1-14H3;4-13H,1-3H3. The van der Waals surface area contributed by atoms with Crippen LogP contribution in [0.1, 0.15) is 251 Å². The van der Waals surface area contributed by atoms with Gasteiger partial charge in [0.15, 0.2) is 14.6 Å². The van der Waals surface area contributed by atoms with Crippen LogP contribution in [0.2, 0.25) is 33.2 Å². The molecule has 0 bridgehead atoms. The number of ether oxygens (including phenoxy) is 2. The fourth-order valence-corrected chi connectivity index (χ4v) is 25.4. The van der Waals surface area contributed by atoms with Crippen LogP contribution in [0.5, 0.6) is 11.5 Å². The summed E-state index contributed by atoms with van der Waals surface area (Å²) in [6.07, 6.45) is 22.6. The molecular formula is C71H116BrNO4Si2. The van der Waals surface area contributed by atoms with Gasteiger partial charge < -0.3 is 23.6 Å². The Morgan fingerprint density at radius 2 is 0.962 bits per heavy atom. The number of alkyl halides is 1. The Morgan fingerprint density at radius 1 is 0.494 bits per heavy atom. The average molecular weight is 1180 g/mol. The number of hydrogen-bond donors (Lipinski definition) is 1. The van der Waals surface area contributed by atoms with E-state index in [1.807, 2.05) is 0 Å². The van der Waals surface area contributed by atoms with Crippen LogP contribution >= 0.6 is 15.9 Å². The second-order valence-corrected chi connectivity index (χ2v) is 37.7. The zero-order valence-electron chi connectivity index (χ0n) is 53.6. The Kier molecular flexibility index (Phi) is 30.3. The SMILES string of the molecule is CCCCCCCCCCC(Oc1ccc(CNCC)c(OCCCCCCCCCCCO[Si](C(C)C)(C(C)C)C(C)C)c1)O[Si](C(C)C)(C(C)C)C(C)C.Cc1cccc(C2(Br)c3cc(C)ccc3-c3ccc(C)cc32)c1. The summed E-state index contributed by atoms with van der Waals surface area (Å²) < 4.78 is 27.2. The van der Waals surface area contributed by atoms with E-state index < -0.39 is 16.6 Å². The van der Waals surface area contributed by atoms with Crippen molar-refractivity contribution in [3.63, 3.8) is 0 Å². The van der Waals surface area contributed by atoms with Crippen molar-refractivity contribution in [3.05, 3.63) is 118 Å². The van der Waals surface area contributed by atoms with E-state index in [1.165, 1.54) is 146 Å². The zero-order valence-corrected chi connectivity index (χ0v) is 57.2. The van der Waals surface area contributed by atoms with Crippen LogP contribution in [0.25, 0.3) is 11.1 Å². The van der Waals surface area contributed by atoms with Gasteiger partial charge in [0.05, 0.1) is 6.61 Å². The number of halogens is 1. The van der Waals surface area contributed by atoms with Gasteiger partial charge in [0.1, 0.15) is 15.8 Å². The van der Waals surface area contributed by atoms with Crippen LogP contribution in [0, 0.1) is 20.8 Å². The Bertz CT molecular complexity index is 2250. The van der Waals surface area contributed by atoms with Gasteiger partial charge in [-0.25, -0.2) is 0 Å². The molecule has 5 rings (SSSR count). The molecule has 5 nitrogen and oxygen atoms in total. The van der Waals surface area contributed by atoms with Gasteiger partial charge in [0.25, 0.3) is 0 Å². The number of hydrogen-bond acceptors (Lipinski definition) is 5. The molecule has 1 unspecified atom stereocenters. The first-order valence-electron chi connectivity index (χ1n) is 32.1. The Labute approximate surface area is 497 Å². The first-order chi connectivity index (χ1) is 37.7. The van der Waals surface area contributed by atoms with Crippen LogP contribution in [0.3, 0.4) is 0 Å². The maximum atomic E-state index is 7.29. The van der Waals surface area contributed by atoms with Crippen molar-refractivity contribution in [1.82, 2.24) is 5.32 Å². The molecule has 1 atom stereocenters. The lowest BCUT2D eigenvalue weighted by Crippen LogP contribution is -2.51. The summed E-state index contributed by atoms with van der Waals surface area (Å²) in [7, 11) is -3.83. The Morgan fingerprint density at radius 3 is 1.44 bits per heavy atom. The number of benzene rings is 4. The molecule has 0 saturated carbocycles. The monoisotopic (exact) mass is 1180 g/mol. The summed E-state index contributed by atoms with van der Waals surface area (Å²) >= 11 is 4.15. The molecule has 0 aliphatic heterocycles. The molecule has 0 radical (unpaired) electrons. The lowest BCUT2D eigenvalue weighted by Gasteiger charge is -2.44. The minimum Gasteiger partial charge on any atom is -0.493 e. The smallest absolute Gasteiger partial charge is 0.205 e. The maximum absolute atomic E-state index is 7.29. The molecular weight excluding hydrogens is 1070 g/mol. The van der Waals surface area contributed by atoms with Crippen molar-refractivity contribution in [2.45, 2.75) is 284 Å². The summed E-state index contributed by atoms with van der Waals surface area (Å²) in [6, 6.07) is 28.9. The highest BCUT2D eigenvalue weighted by molar-refractivity contribution is 9.10. The molecule has 0 amide bonds. The van der Waals surface area contributed by atoms with E-state index in [4.69, 9.17) is 18.3 Å². The molecule has 444 valence electrons. The summed E-state index contributed by atoms with van der Waals surface area (Å²) in [5.41, 5.74) is 15.3. The van der Waals surface area contributed by atoms with Gasteiger partial charge in [0, 0.05) is 31.2 Å². The van der Waals surface area contributed by atoms with Crippen LogP contribution in [-0.4, -0.2) is 42.7 Å². The van der Waals surface area contributed by atoms with Crippen molar-refractivity contribution in [2.24, 2.45) is 0 Å². The van der Waals surface area contributed by atoms with Crippen molar-refractivity contribution < 1.29 is 18.3 Å². The first-order valence-corrected chi connectivity index (χ1v) is 37.2. The zero-order chi connectivity index (χ0) is 58.2. The second-order valence-electron chi connectivity index (χ2n) is 25.6. The van der Waals surface area contributed by atoms with Gasteiger partial charge in [-0.2, -0.15) is 0 Å². The molecule has 1 aliphatic rings. The van der Waals surface area contributed by atoms with Gasteiger partial charge in [-0.05, 0) is 114 Å².